The molecule has 0 unspecified atom stereocenters. The maximum atomic E-state index is 5.49. The van der Waals surface area contributed by atoms with E-state index in [0.29, 0.717) is 13.1 Å². The van der Waals surface area contributed by atoms with Crippen molar-refractivity contribution >= 4 is 5.96 Å². The van der Waals surface area contributed by atoms with E-state index in [-0.39, 0.29) is 0 Å². The second-order valence-corrected chi connectivity index (χ2v) is 6.11. The molecule has 1 N–H and O–H groups in total. The average molecular weight is 387 g/mol. The average Bonchev–Trinajstić information content (AvgIpc) is 2.74. The predicted octanol–water partition coefficient (Wildman–Crippen LogP) is 2.93. The first kappa shape index (κ1) is 21.2. The fraction of sp³-hybridized carbons (Fsp3) is 0.381. The first-order valence-electron chi connectivity index (χ1n) is 8.89. The van der Waals surface area contributed by atoms with Crippen molar-refractivity contribution in [1.29, 1.82) is 0 Å². The molecule has 0 aliphatic heterocycles. The lowest BCUT2D eigenvalue weighted by atomic mass is 10.1. The lowest BCUT2D eigenvalue weighted by molar-refractivity contribution is 0.382. The van der Waals surface area contributed by atoms with Crippen molar-refractivity contribution < 1.29 is 18.9 Å². The first-order chi connectivity index (χ1) is 13.6. The summed E-state index contributed by atoms with van der Waals surface area (Å²) >= 11 is 0. The van der Waals surface area contributed by atoms with E-state index in [2.05, 4.69) is 10.3 Å². The molecule has 0 radical (unpaired) electrons. The summed E-state index contributed by atoms with van der Waals surface area (Å²) in [5.41, 5.74) is 2.05. The van der Waals surface area contributed by atoms with Crippen molar-refractivity contribution in [2.45, 2.75) is 13.1 Å². The third-order valence-corrected chi connectivity index (χ3v) is 4.41. The van der Waals surface area contributed by atoms with Gasteiger partial charge < -0.3 is 29.2 Å². The number of rotatable bonds is 8. The highest BCUT2D eigenvalue weighted by Crippen LogP contribution is 2.26. The number of guanidine groups is 1. The van der Waals surface area contributed by atoms with Gasteiger partial charge in [0.2, 0.25) is 0 Å². The molecule has 2 rings (SSSR count). The Balaban J connectivity index is 2.08. The van der Waals surface area contributed by atoms with Crippen LogP contribution in [0, 0.1) is 0 Å². The standard InChI is InChI=1S/C21H29N3O4/c1-22-21(23-13-15-7-9-17(25-3)11-19(15)27-5)24(2)14-16-8-10-18(26-4)12-20(16)28-6/h7-12H,13-14H2,1-6H3,(H,22,23). The molecule has 0 saturated carbocycles. The van der Waals surface area contributed by atoms with Gasteiger partial charge in [-0.05, 0) is 24.3 Å². The summed E-state index contributed by atoms with van der Waals surface area (Å²) in [6.07, 6.45) is 0. The van der Waals surface area contributed by atoms with Gasteiger partial charge in [0, 0.05) is 50.4 Å². The summed E-state index contributed by atoms with van der Waals surface area (Å²) in [5.74, 6) is 3.82. The lowest BCUT2D eigenvalue weighted by Gasteiger charge is -2.23. The van der Waals surface area contributed by atoms with Crippen LogP contribution in [0.5, 0.6) is 23.0 Å². The van der Waals surface area contributed by atoms with Crippen LogP contribution in [0.4, 0.5) is 0 Å². The second kappa shape index (κ2) is 10.3. The maximum absolute atomic E-state index is 5.49. The molecule has 0 aromatic heterocycles. The summed E-state index contributed by atoms with van der Waals surface area (Å²) < 4.78 is 21.5. The molecular formula is C21H29N3O4. The van der Waals surface area contributed by atoms with Gasteiger partial charge >= 0.3 is 0 Å². The van der Waals surface area contributed by atoms with Gasteiger partial charge in [0.15, 0.2) is 5.96 Å². The van der Waals surface area contributed by atoms with Crippen LogP contribution in [0.1, 0.15) is 11.1 Å². The number of nitrogens with one attached hydrogen (secondary N) is 1. The number of ether oxygens (including phenoxy) is 4. The summed E-state index contributed by atoms with van der Waals surface area (Å²) in [6.45, 7) is 1.20. The Labute approximate surface area is 166 Å². The topological polar surface area (TPSA) is 64.6 Å². The third-order valence-electron chi connectivity index (χ3n) is 4.41. The Morgan fingerprint density at radius 2 is 1.39 bits per heavy atom. The Bertz CT molecular complexity index is 808. The molecular weight excluding hydrogens is 358 g/mol. The van der Waals surface area contributed by atoms with Gasteiger partial charge in [0.05, 0.1) is 28.4 Å². The largest absolute Gasteiger partial charge is 0.497 e. The SMILES string of the molecule is CN=C(NCc1ccc(OC)cc1OC)N(C)Cc1ccc(OC)cc1OC. The Morgan fingerprint density at radius 3 is 1.89 bits per heavy atom. The van der Waals surface area contributed by atoms with Gasteiger partial charge in [0.1, 0.15) is 23.0 Å². The fourth-order valence-electron chi connectivity index (χ4n) is 2.87. The van der Waals surface area contributed by atoms with Crippen LogP contribution in [0.2, 0.25) is 0 Å². The molecule has 28 heavy (non-hydrogen) atoms. The Hall–Kier alpha value is -3.09. The molecule has 0 fully saturated rings. The van der Waals surface area contributed by atoms with Gasteiger partial charge in [-0.1, -0.05) is 0 Å². The summed E-state index contributed by atoms with van der Waals surface area (Å²) in [4.78, 5) is 6.41. The Morgan fingerprint density at radius 1 is 0.857 bits per heavy atom. The van der Waals surface area contributed by atoms with Crippen LogP contribution in [-0.4, -0.2) is 53.4 Å². The fourth-order valence-corrected chi connectivity index (χ4v) is 2.87. The molecule has 0 aliphatic carbocycles. The number of nitrogens with zero attached hydrogens (tertiary/aromatic N) is 2. The molecule has 0 spiro atoms. The van der Waals surface area contributed by atoms with Crippen molar-refractivity contribution in [3.63, 3.8) is 0 Å². The first-order valence-corrected chi connectivity index (χ1v) is 8.89. The monoisotopic (exact) mass is 387 g/mol. The van der Waals surface area contributed by atoms with E-state index in [1.165, 1.54) is 0 Å². The maximum Gasteiger partial charge on any atom is 0.193 e. The van der Waals surface area contributed by atoms with Gasteiger partial charge in [0.25, 0.3) is 0 Å². The molecule has 0 amide bonds. The predicted molar refractivity (Wildman–Crippen MR) is 111 cm³/mol. The highest BCUT2D eigenvalue weighted by Gasteiger charge is 2.12. The highest BCUT2D eigenvalue weighted by molar-refractivity contribution is 5.79. The Kier molecular flexibility index (Phi) is 7.80. The van der Waals surface area contributed by atoms with Crippen LogP contribution in [0.3, 0.4) is 0 Å². The highest BCUT2D eigenvalue weighted by atomic mass is 16.5. The van der Waals surface area contributed by atoms with E-state index >= 15 is 0 Å². The zero-order valence-electron chi connectivity index (χ0n) is 17.4. The molecule has 7 heteroatoms. The van der Waals surface area contributed by atoms with Crippen LogP contribution < -0.4 is 24.3 Å². The van der Waals surface area contributed by atoms with E-state index in [1.807, 2.05) is 48.3 Å². The molecule has 0 saturated heterocycles. The molecule has 7 nitrogen and oxygen atoms in total. The van der Waals surface area contributed by atoms with Crippen molar-refractivity contribution in [3.05, 3.63) is 47.5 Å². The minimum Gasteiger partial charge on any atom is -0.497 e. The normalized spacial score (nSPS) is 11.0. The van der Waals surface area contributed by atoms with E-state index in [4.69, 9.17) is 18.9 Å². The smallest absolute Gasteiger partial charge is 0.193 e. The van der Waals surface area contributed by atoms with Gasteiger partial charge in [-0.15, -0.1) is 0 Å². The summed E-state index contributed by atoms with van der Waals surface area (Å²) in [7, 11) is 10.3. The van der Waals surface area contributed by atoms with Crippen LogP contribution in [0.15, 0.2) is 41.4 Å². The van der Waals surface area contributed by atoms with E-state index in [9.17, 15) is 0 Å². The molecule has 0 atom stereocenters. The number of hydrogen-bond acceptors (Lipinski definition) is 5. The van der Waals surface area contributed by atoms with Gasteiger partial charge in [-0.3, -0.25) is 4.99 Å². The van der Waals surface area contributed by atoms with Crippen molar-refractivity contribution in [2.75, 3.05) is 42.5 Å². The van der Waals surface area contributed by atoms with Crippen molar-refractivity contribution in [1.82, 2.24) is 10.2 Å². The molecule has 152 valence electrons. The minimum atomic E-state index is 0.573. The quantitative estimate of drug-likeness (QED) is 0.555. The number of aliphatic imine (C=N–C) groups is 1. The van der Waals surface area contributed by atoms with E-state index in [0.717, 1.165) is 40.1 Å². The van der Waals surface area contributed by atoms with E-state index < -0.39 is 0 Å². The number of methoxy groups -OCH3 is 4. The zero-order valence-corrected chi connectivity index (χ0v) is 17.4. The molecule has 0 bridgehead atoms. The molecule has 0 aliphatic rings. The molecule has 2 aromatic carbocycles. The van der Waals surface area contributed by atoms with Crippen LogP contribution in [-0.2, 0) is 13.1 Å². The summed E-state index contributed by atoms with van der Waals surface area (Å²) in [5, 5.41) is 3.37. The van der Waals surface area contributed by atoms with Crippen molar-refractivity contribution in [2.24, 2.45) is 4.99 Å². The summed E-state index contributed by atoms with van der Waals surface area (Å²) in [6, 6.07) is 11.5. The third kappa shape index (κ3) is 5.22. The second-order valence-electron chi connectivity index (χ2n) is 6.11. The zero-order chi connectivity index (χ0) is 20.5. The van der Waals surface area contributed by atoms with E-state index in [1.54, 1.807) is 35.5 Å². The van der Waals surface area contributed by atoms with Gasteiger partial charge in [-0.2, -0.15) is 0 Å². The van der Waals surface area contributed by atoms with Crippen molar-refractivity contribution in [3.8, 4) is 23.0 Å². The van der Waals surface area contributed by atoms with Crippen LogP contribution >= 0.6 is 0 Å². The molecule has 2 aromatic rings. The number of hydrogen-bond donors (Lipinski definition) is 1. The molecule has 0 heterocycles. The minimum absolute atomic E-state index is 0.573. The van der Waals surface area contributed by atoms with Crippen LogP contribution in [0.25, 0.3) is 0 Å². The van der Waals surface area contributed by atoms with Gasteiger partial charge in [-0.25, -0.2) is 0 Å². The number of benzene rings is 2. The lowest BCUT2D eigenvalue weighted by Crippen LogP contribution is -2.38.